The van der Waals surface area contributed by atoms with E-state index >= 15 is 0 Å². The first-order chi connectivity index (χ1) is 11.5. The zero-order valence-corrected chi connectivity index (χ0v) is 13.6. The highest BCUT2D eigenvalue weighted by Gasteiger charge is 2.26. The van der Waals surface area contributed by atoms with E-state index in [0.717, 1.165) is 29.8 Å². The van der Waals surface area contributed by atoms with Crippen molar-refractivity contribution in [2.45, 2.75) is 39.8 Å². The minimum Gasteiger partial charge on any atom is -0.435 e. The maximum atomic E-state index is 12.9. The minimum atomic E-state index is -2.86. The lowest BCUT2D eigenvalue weighted by molar-refractivity contribution is -0.0498. The Labute approximate surface area is 138 Å². The second kappa shape index (κ2) is 6.59. The zero-order valence-electron chi connectivity index (χ0n) is 13.6. The number of alkyl halides is 2. The number of carbonyl (C=O) groups excluding carboxylic acids is 1. The van der Waals surface area contributed by atoms with E-state index in [4.69, 9.17) is 0 Å². The number of aryl methyl sites for hydroxylation is 3. The maximum Gasteiger partial charge on any atom is 0.387 e. The largest absolute Gasteiger partial charge is 0.435 e. The van der Waals surface area contributed by atoms with E-state index in [0.29, 0.717) is 18.8 Å². The predicted octanol–water partition coefficient (Wildman–Crippen LogP) is 3.41. The fraction of sp³-hybridized carbons (Fsp3) is 0.412. The Bertz CT molecular complexity index is 758. The van der Waals surface area contributed by atoms with Crippen molar-refractivity contribution >= 4 is 11.6 Å². The van der Waals surface area contributed by atoms with Gasteiger partial charge in [-0.15, -0.1) is 0 Å². The van der Waals surface area contributed by atoms with Crippen LogP contribution in [0.5, 0.6) is 5.75 Å². The van der Waals surface area contributed by atoms with Gasteiger partial charge in [-0.3, -0.25) is 9.48 Å². The van der Waals surface area contributed by atoms with Crippen LogP contribution in [0.25, 0.3) is 0 Å². The average molecular weight is 335 g/mol. The van der Waals surface area contributed by atoms with Crippen molar-refractivity contribution in [1.29, 1.82) is 0 Å². The Morgan fingerprint density at radius 1 is 1.38 bits per heavy atom. The van der Waals surface area contributed by atoms with Gasteiger partial charge in [0.15, 0.2) is 0 Å². The van der Waals surface area contributed by atoms with Crippen LogP contribution < -0.4 is 9.64 Å². The molecule has 1 aromatic heterocycles. The summed E-state index contributed by atoms with van der Waals surface area (Å²) >= 11 is 0. The fourth-order valence-electron chi connectivity index (χ4n) is 3.06. The number of amides is 1. The fourth-order valence-corrected chi connectivity index (χ4v) is 3.06. The first kappa shape index (κ1) is 16.4. The molecule has 0 saturated heterocycles. The van der Waals surface area contributed by atoms with E-state index in [1.807, 2.05) is 13.8 Å². The van der Waals surface area contributed by atoms with Gasteiger partial charge in [0.25, 0.3) is 5.91 Å². The normalized spacial score (nSPS) is 14.0. The Morgan fingerprint density at radius 3 is 2.88 bits per heavy atom. The summed E-state index contributed by atoms with van der Waals surface area (Å²) in [7, 11) is 0. The highest BCUT2D eigenvalue weighted by molar-refractivity contribution is 6.05. The first-order valence-electron chi connectivity index (χ1n) is 7.93. The number of anilines is 1. The number of benzene rings is 1. The molecule has 1 aromatic carbocycles. The lowest BCUT2D eigenvalue weighted by Gasteiger charge is -2.29. The summed E-state index contributed by atoms with van der Waals surface area (Å²) < 4.78 is 30.9. The molecule has 7 heteroatoms. The monoisotopic (exact) mass is 335 g/mol. The summed E-state index contributed by atoms with van der Waals surface area (Å²) in [5.41, 5.74) is 2.91. The second-order valence-electron chi connectivity index (χ2n) is 5.72. The molecule has 3 rings (SSSR count). The summed E-state index contributed by atoms with van der Waals surface area (Å²) in [4.78, 5) is 14.6. The highest BCUT2D eigenvalue weighted by atomic mass is 19.3. The molecule has 0 N–H and O–H groups in total. The number of rotatable bonds is 4. The number of nitrogens with zero attached hydrogens (tertiary/aromatic N) is 3. The van der Waals surface area contributed by atoms with Crippen LogP contribution in [-0.4, -0.2) is 28.8 Å². The van der Waals surface area contributed by atoms with Crippen molar-refractivity contribution in [3.8, 4) is 5.75 Å². The van der Waals surface area contributed by atoms with Crippen molar-refractivity contribution in [1.82, 2.24) is 9.78 Å². The lowest BCUT2D eigenvalue weighted by atomic mass is 10.0. The van der Waals surface area contributed by atoms with Crippen molar-refractivity contribution in [2.75, 3.05) is 11.4 Å². The third-order valence-corrected chi connectivity index (χ3v) is 4.06. The quantitative estimate of drug-likeness (QED) is 0.860. The van der Waals surface area contributed by atoms with Crippen molar-refractivity contribution in [2.24, 2.45) is 0 Å². The molecule has 1 aliphatic rings. The van der Waals surface area contributed by atoms with Gasteiger partial charge < -0.3 is 9.64 Å². The van der Waals surface area contributed by atoms with E-state index in [1.54, 1.807) is 27.8 Å². The summed E-state index contributed by atoms with van der Waals surface area (Å²) in [5, 5.41) is 4.31. The van der Waals surface area contributed by atoms with Gasteiger partial charge in [-0.1, -0.05) is 0 Å². The van der Waals surface area contributed by atoms with Crippen LogP contribution in [0.2, 0.25) is 0 Å². The van der Waals surface area contributed by atoms with E-state index < -0.39 is 6.61 Å². The Balaban J connectivity index is 1.92. The maximum absolute atomic E-state index is 12.9. The molecule has 0 aliphatic carbocycles. The van der Waals surface area contributed by atoms with Gasteiger partial charge in [0.1, 0.15) is 11.4 Å². The standard InChI is InChI=1S/C17H19F2N3O2/c1-3-22-15(9-11(2)20-22)16(23)21-8-4-5-12-10-13(24-17(18)19)6-7-14(12)21/h6-7,9-10,17H,3-5,8H2,1-2H3. The van der Waals surface area contributed by atoms with Crippen molar-refractivity contribution < 1.29 is 18.3 Å². The lowest BCUT2D eigenvalue weighted by Crippen LogP contribution is -2.36. The topological polar surface area (TPSA) is 47.4 Å². The van der Waals surface area contributed by atoms with Gasteiger partial charge in [0.05, 0.1) is 5.69 Å². The summed E-state index contributed by atoms with van der Waals surface area (Å²) in [6.45, 7) is 2.12. The summed E-state index contributed by atoms with van der Waals surface area (Å²) in [5.74, 6) is -0.00609. The molecule has 0 fully saturated rings. The molecule has 2 aromatic rings. The van der Waals surface area contributed by atoms with E-state index in [9.17, 15) is 13.6 Å². The van der Waals surface area contributed by atoms with Gasteiger partial charge in [-0.2, -0.15) is 13.9 Å². The zero-order chi connectivity index (χ0) is 17.3. The minimum absolute atomic E-state index is 0.118. The third-order valence-electron chi connectivity index (χ3n) is 4.06. The van der Waals surface area contributed by atoms with Crippen LogP contribution in [-0.2, 0) is 13.0 Å². The first-order valence-corrected chi connectivity index (χ1v) is 7.93. The van der Waals surface area contributed by atoms with Gasteiger partial charge in [0, 0.05) is 18.8 Å². The Morgan fingerprint density at radius 2 is 2.17 bits per heavy atom. The number of carbonyl (C=O) groups is 1. The van der Waals surface area contributed by atoms with Gasteiger partial charge in [-0.25, -0.2) is 0 Å². The van der Waals surface area contributed by atoms with E-state index in [-0.39, 0.29) is 11.7 Å². The smallest absolute Gasteiger partial charge is 0.387 e. The summed E-state index contributed by atoms with van der Waals surface area (Å²) in [6, 6.07) is 6.50. The number of hydrogen-bond acceptors (Lipinski definition) is 3. The molecular formula is C17H19F2N3O2. The van der Waals surface area contributed by atoms with Crippen molar-refractivity contribution in [3.63, 3.8) is 0 Å². The predicted molar refractivity (Wildman–Crippen MR) is 85.7 cm³/mol. The molecule has 24 heavy (non-hydrogen) atoms. The Hall–Kier alpha value is -2.44. The third kappa shape index (κ3) is 3.11. The molecule has 1 aliphatic heterocycles. The number of hydrogen-bond donors (Lipinski definition) is 0. The molecule has 0 atom stereocenters. The van der Waals surface area contributed by atoms with Crippen molar-refractivity contribution in [3.05, 3.63) is 41.2 Å². The Kier molecular flexibility index (Phi) is 4.51. The van der Waals surface area contributed by atoms with Crippen LogP contribution in [0.4, 0.5) is 14.5 Å². The molecule has 0 spiro atoms. The molecular weight excluding hydrogens is 316 g/mol. The average Bonchev–Trinajstić information content (AvgIpc) is 2.94. The number of fused-ring (bicyclic) bond motifs is 1. The molecule has 0 radical (unpaired) electrons. The van der Waals surface area contributed by atoms with Crippen LogP contribution in [0, 0.1) is 6.92 Å². The number of halogens is 2. The molecule has 2 heterocycles. The van der Waals surface area contributed by atoms with Gasteiger partial charge in [0.2, 0.25) is 0 Å². The van der Waals surface area contributed by atoms with E-state index in [1.165, 1.54) is 6.07 Å². The molecule has 0 unspecified atom stereocenters. The van der Waals surface area contributed by atoms with Gasteiger partial charge in [-0.05, 0) is 56.5 Å². The molecule has 128 valence electrons. The molecule has 0 bridgehead atoms. The summed E-state index contributed by atoms with van der Waals surface area (Å²) in [6.07, 6.45) is 1.50. The van der Waals surface area contributed by atoms with Gasteiger partial charge >= 0.3 is 6.61 Å². The van der Waals surface area contributed by atoms with Crippen LogP contribution in [0.1, 0.15) is 35.1 Å². The highest BCUT2D eigenvalue weighted by Crippen LogP contribution is 2.32. The SMILES string of the molecule is CCn1nc(C)cc1C(=O)N1CCCc2cc(OC(F)F)ccc21. The van der Waals surface area contributed by atoms with E-state index in [2.05, 4.69) is 9.84 Å². The molecule has 1 amide bonds. The van der Waals surface area contributed by atoms with Crippen LogP contribution in [0.15, 0.2) is 24.3 Å². The molecule has 5 nitrogen and oxygen atoms in total. The number of aromatic nitrogens is 2. The van der Waals surface area contributed by atoms with Crippen LogP contribution in [0.3, 0.4) is 0 Å². The second-order valence-corrected chi connectivity index (χ2v) is 5.72. The number of ether oxygens (including phenoxy) is 1. The van der Waals surface area contributed by atoms with Crippen LogP contribution >= 0.6 is 0 Å². The molecule has 0 saturated carbocycles.